The number of ether oxygens (including phenoxy) is 1. The quantitative estimate of drug-likeness (QED) is 0.833. The van der Waals surface area contributed by atoms with Crippen molar-refractivity contribution < 1.29 is 9.57 Å². The van der Waals surface area contributed by atoms with Crippen LogP contribution in [0.2, 0.25) is 0 Å². The highest BCUT2D eigenvalue weighted by atomic mass is 16.6. The number of benzene rings is 2. The summed E-state index contributed by atoms with van der Waals surface area (Å²) >= 11 is 0. The molecular formula is C17H15NO2. The Hall–Kier alpha value is -2.29. The van der Waals surface area contributed by atoms with E-state index in [1.807, 2.05) is 18.2 Å². The van der Waals surface area contributed by atoms with E-state index in [2.05, 4.69) is 35.5 Å². The third kappa shape index (κ3) is 1.63. The molecule has 1 heterocycles. The summed E-state index contributed by atoms with van der Waals surface area (Å²) in [6.45, 7) is 0. The predicted octanol–water partition coefficient (Wildman–Crippen LogP) is 3.34. The minimum atomic E-state index is 0.0763. The van der Waals surface area contributed by atoms with Gasteiger partial charge in [-0.1, -0.05) is 41.6 Å². The average Bonchev–Trinajstić information content (AvgIpc) is 3.06. The molecule has 0 aromatic heterocycles. The van der Waals surface area contributed by atoms with Crippen molar-refractivity contribution in [3.8, 4) is 5.75 Å². The summed E-state index contributed by atoms with van der Waals surface area (Å²) in [7, 11) is 1.68. The van der Waals surface area contributed by atoms with Crippen LogP contribution in [-0.4, -0.2) is 12.8 Å². The summed E-state index contributed by atoms with van der Waals surface area (Å²) in [5.41, 5.74) is 4.77. The summed E-state index contributed by atoms with van der Waals surface area (Å²) in [6, 6.07) is 16.5. The van der Waals surface area contributed by atoms with Crippen LogP contribution in [0.25, 0.3) is 0 Å². The summed E-state index contributed by atoms with van der Waals surface area (Å²) in [5, 5.41) is 4.33. The highest BCUT2D eigenvalue weighted by Crippen LogP contribution is 2.44. The smallest absolute Gasteiger partial charge is 0.161 e. The molecule has 20 heavy (non-hydrogen) atoms. The van der Waals surface area contributed by atoms with E-state index in [-0.39, 0.29) is 6.10 Å². The molecule has 2 aliphatic rings. The van der Waals surface area contributed by atoms with E-state index >= 15 is 0 Å². The van der Waals surface area contributed by atoms with Crippen molar-refractivity contribution in [2.45, 2.75) is 12.5 Å². The van der Waals surface area contributed by atoms with Gasteiger partial charge >= 0.3 is 0 Å². The molecule has 2 atom stereocenters. The topological polar surface area (TPSA) is 30.8 Å². The van der Waals surface area contributed by atoms with Gasteiger partial charge in [-0.3, -0.25) is 0 Å². The molecular weight excluding hydrogens is 250 g/mol. The monoisotopic (exact) mass is 265 g/mol. The second-order valence-electron chi connectivity index (χ2n) is 5.24. The fourth-order valence-corrected chi connectivity index (χ4v) is 3.16. The Morgan fingerprint density at radius 3 is 2.95 bits per heavy atom. The Kier molecular flexibility index (Phi) is 2.52. The fraction of sp³-hybridized carbons (Fsp3) is 0.235. The molecule has 3 heteroatoms. The lowest BCUT2D eigenvalue weighted by Crippen LogP contribution is -2.14. The number of hydrogen-bond donors (Lipinski definition) is 0. The average molecular weight is 265 g/mol. The van der Waals surface area contributed by atoms with Crippen molar-refractivity contribution in [3.05, 3.63) is 65.2 Å². The first-order valence-corrected chi connectivity index (χ1v) is 6.83. The van der Waals surface area contributed by atoms with Crippen LogP contribution in [0.3, 0.4) is 0 Å². The zero-order valence-electron chi connectivity index (χ0n) is 11.2. The highest BCUT2D eigenvalue weighted by Gasteiger charge is 2.42. The molecule has 1 aliphatic heterocycles. The third-order valence-corrected chi connectivity index (χ3v) is 4.15. The van der Waals surface area contributed by atoms with Gasteiger partial charge in [0, 0.05) is 5.56 Å². The summed E-state index contributed by atoms with van der Waals surface area (Å²) in [6.07, 6.45) is 1.07. The number of hydrogen-bond acceptors (Lipinski definition) is 3. The summed E-state index contributed by atoms with van der Waals surface area (Å²) in [5.74, 6) is 1.17. The van der Waals surface area contributed by atoms with E-state index in [4.69, 9.17) is 9.57 Å². The van der Waals surface area contributed by atoms with Gasteiger partial charge in [0.05, 0.1) is 18.7 Å². The van der Waals surface area contributed by atoms with Crippen LogP contribution >= 0.6 is 0 Å². The zero-order valence-corrected chi connectivity index (χ0v) is 11.2. The molecule has 0 fully saturated rings. The summed E-state index contributed by atoms with van der Waals surface area (Å²) in [4.78, 5) is 5.69. The zero-order chi connectivity index (χ0) is 13.5. The molecule has 0 radical (unpaired) electrons. The van der Waals surface area contributed by atoms with Gasteiger partial charge in [0.2, 0.25) is 0 Å². The number of rotatable bonds is 2. The first kappa shape index (κ1) is 11.5. The molecule has 0 spiro atoms. The Labute approximate surface area is 117 Å². The van der Waals surface area contributed by atoms with Crippen LogP contribution < -0.4 is 4.74 Å². The minimum absolute atomic E-state index is 0.0763. The molecule has 0 bridgehead atoms. The Balaban J connectivity index is 1.70. The third-order valence-electron chi connectivity index (χ3n) is 4.15. The van der Waals surface area contributed by atoms with E-state index in [0.29, 0.717) is 5.92 Å². The molecule has 0 saturated carbocycles. The number of oxime groups is 1. The van der Waals surface area contributed by atoms with Gasteiger partial charge < -0.3 is 9.57 Å². The van der Waals surface area contributed by atoms with Crippen LogP contribution in [0.4, 0.5) is 0 Å². The van der Waals surface area contributed by atoms with Gasteiger partial charge in [0.1, 0.15) is 5.75 Å². The molecule has 0 saturated heterocycles. The molecule has 0 amide bonds. The van der Waals surface area contributed by atoms with E-state index in [1.54, 1.807) is 7.11 Å². The van der Waals surface area contributed by atoms with Gasteiger partial charge in [-0.25, -0.2) is 0 Å². The van der Waals surface area contributed by atoms with E-state index < -0.39 is 0 Å². The standard InChI is InChI=1S/C17H15NO2/c1-19-13-7-4-6-12(9-13)16-15-10-11-5-2-3-8-14(11)17(15)20-18-16/h2-9,15,17H,10H2,1H3/t15-,17-/m0/s1. The number of fused-ring (bicyclic) bond motifs is 3. The lowest BCUT2D eigenvalue weighted by atomic mass is 9.93. The molecule has 2 aromatic rings. The van der Waals surface area contributed by atoms with Gasteiger partial charge in [-0.2, -0.15) is 0 Å². The normalized spacial score (nSPS) is 22.8. The van der Waals surface area contributed by atoms with E-state index in [0.717, 1.165) is 23.4 Å². The Morgan fingerprint density at radius 1 is 1.15 bits per heavy atom. The van der Waals surface area contributed by atoms with Crippen molar-refractivity contribution in [1.82, 2.24) is 0 Å². The maximum absolute atomic E-state index is 5.69. The van der Waals surface area contributed by atoms with E-state index in [1.165, 1.54) is 11.1 Å². The van der Waals surface area contributed by atoms with Crippen molar-refractivity contribution in [2.75, 3.05) is 7.11 Å². The largest absolute Gasteiger partial charge is 0.497 e. The molecule has 100 valence electrons. The van der Waals surface area contributed by atoms with Gasteiger partial charge in [0.15, 0.2) is 6.10 Å². The fourth-order valence-electron chi connectivity index (χ4n) is 3.16. The van der Waals surface area contributed by atoms with Crippen LogP contribution in [-0.2, 0) is 11.3 Å². The van der Waals surface area contributed by atoms with Crippen LogP contribution in [0.1, 0.15) is 22.8 Å². The van der Waals surface area contributed by atoms with Crippen LogP contribution in [0.5, 0.6) is 5.75 Å². The molecule has 0 N–H and O–H groups in total. The maximum Gasteiger partial charge on any atom is 0.161 e. The lowest BCUT2D eigenvalue weighted by Gasteiger charge is -2.10. The number of methoxy groups -OCH3 is 1. The maximum atomic E-state index is 5.69. The second kappa shape index (κ2) is 4.37. The SMILES string of the molecule is COc1cccc(C2=NO[C@H]3c4ccccc4C[C@@H]23)c1. The van der Waals surface area contributed by atoms with Crippen molar-refractivity contribution in [2.24, 2.45) is 11.1 Å². The molecule has 4 rings (SSSR count). The van der Waals surface area contributed by atoms with E-state index in [9.17, 15) is 0 Å². The van der Waals surface area contributed by atoms with Crippen LogP contribution in [0, 0.1) is 5.92 Å². The molecule has 2 aromatic carbocycles. The van der Waals surface area contributed by atoms with Crippen LogP contribution in [0.15, 0.2) is 53.7 Å². The van der Waals surface area contributed by atoms with Crippen molar-refractivity contribution in [3.63, 3.8) is 0 Å². The van der Waals surface area contributed by atoms with Gasteiger partial charge in [0.25, 0.3) is 0 Å². The first-order valence-electron chi connectivity index (χ1n) is 6.83. The Bertz CT molecular complexity index is 693. The summed E-state index contributed by atoms with van der Waals surface area (Å²) < 4.78 is 5.29. The molecule has 1 aliphatic carbocycles. The number of nitrogens with zero attached hydrogens (tertiary/aromatic N) is 1. The highest BCUT2D eigenvalue weighted by molar-refractivity contribution is 6.04. The van der Waals surface area contributed by atoms with Crippen molar-refractivity contribution in [1.29, 1.82) is 0 Å². The second-order valence-corrected chi connectivity index (χ2v) is 5.24. The molecule has 0 unspecified atom stereocenters. The van der Waals surface area contributed by atoms with Gasteiger partial charge in [-0.15, -0.1) is 0 Å². The predicted molar refractivity (Wildman–Crippen MR) is 77.0 cm³/mol. The Morgan fingerprint density at radius 2 is 2.05 bits per heavy atom. The first-order chi connectivity index (χ1) is 9.86. The van der Waals surface area contributed by atoms with Crippen molar-refractivity contribution >= 4 is 5.71 Å². The minimum Gasteiger partial charge on any atom is -0.497 e. The molecule has 3 nitrogen and oxygen atoms in total. The van der Waals surface area contributed by atoms with Gasteiger partial charge in [-0.05, 0) is 29.7 Å². The lowest BCUT2D eigenvalue weighted by molar-refractivity contribution is 0.0697.